The molecule has 1 unspecified atom stereocenters. The highest BCUT2D eigenvalue weighted by Crippen LogP contribution is 2.18. The maximum absolute atomic E-state index is 12.7. The zero-order chi connectivity index (χ0) is 15.5. The second-order valence-corrected chi connectivity index (χ2v) is 5.72. The lowest BCUT2D eigenvalue weighted by Gasteiger charge is -2.32. The van der Waals surface area contributed by atoms with E-state index in [0.29, 0.717) is 6.04 Å². The third kappa shape index (κ3) is 2.87. The number of hydrogen-bond donors (Lipinski definition) is 1. The number of likely N-dealkylation sites (N-methyl/N-ethyl adjacent to an activating group) is 1. The summed E-state index contributed by atoms with van der Waals surface area (Å²) in [7, 11) is 1.95. The molecule has 6 nitrogen and oxygen atoms in total. The first-order valence-corrected chi connectivity index (χ1v) is 7.61. The van der Waals surface area contributed by atoms with E-state index < -0.39 is 0 Å². The number of rotatable bonds is 3. The maximum Gasteiger partial charge on any atom is 0.253 e. The highest BCUT2D eigenvalue weighted by Gasteiger charge is 2.23. The van der Waals surface area contributed by atoms with E-state index in [-0.39, 0.29) is 5.91 Å². The van der Waals surface area contributed by atoms with Crippen molar-refractivity contribution in [2.24, 2.45) is 0 Å². The van der Waals surface area contributed by atoms with Crippen LogP contribution in [0.5, 0.6) is 0 Å². The second-order valence-electron chi connectivity index (χ2n) is 5.72. The molecule has 1 aromatic carbocycles. The molecule has 0 bridgehead atoms. The van der Waals surface area contributed by atoms with Crippen molar-refractivity contribution in [2.45, 2.75) is 25.8 Å². The molecule has 2 heterocycles. The number of hydrogen-bond acceptors (Lipinski definition) is 4. The molecular weight excluding hydrogens is 278 g/mol. The number of aromatic nitrogens is 3. The van der Waals surface area contributed by atoms with Gasteiger partial charge in [0, 0.05) is 24.7 Å². The number of likely N-dealkylation sites (tertiary alicyclic amines) is 1. The third-order valence-electron chi connectivity index (χ3n) is 4.23. The Morgan fingerprint density at radius 2 is 2.27 bits per heavy atom. The first kappa shape index (κ1) is 14.7. The Kier molecular flexibility index (Phi) is 4.20. The number of carbonyl (C=O) groups is 1. The summed E-state index contributed by atoms with van der Waals surface area (Å²) in [5, 5.41) is 7.40. The molecule has 3 rings (SSSR count). The smallest absolute Gasteiger partial charge is 0.253 e. The Bertz CT molecular complexity index is 653. The van der Waals surface area contributed by atoms with Gasteiger partial charge in [-0.15, -0.1) is 0 Å². The van der Waals surface area contributed by atoms with Crippen LogP contribution in [0.25, 0.3) is 5.69 Å². The molecular formula is C16H21N5O. The second kappa shape index (κ2) is 6.27. The summed E-state index contributed by atoms with van der Waals surface area (Å²) in [6.07, 6.45) is 5.34. The molecule has 1 aliphatic heterocycles. The monoisotopic (exact) mass is 299 g/mol. The Labute approximate surface area is 130 Å². The van der Waals surface area contributed by atoms with Crippen molar-refractivity contribution in [3.8, 4) is 5.69 Å². The van der Waals surface area contributed by atoms with Crippen molar-refractivity contribution in [3.63, 3.8) is 0 Å². The molecule has 0 aliphatic carbocycles. The fraction of sp³-hybridized carbons (Fsp3) is 0.438. The van der Waals surface area contributed by atoms with Gasteiger partial charge in [0.1, 0.15) is 12.7 Å². The summed E-state index contributed by atoms with van der Waals surface area (Å²) in [5.74, 6) is 0.105. The average molecular weight is 299 g/mol. The Morgan fingerprint density at radius 1 is 1.41 bits per heavy atom. The van der Waals surface area contributed by atoms with E-state index in [1.54, 1.807) is 11.0 Å². The topological polar surface area (TPSA) is 63.1 Å². The van der Waals surface area contributed by atoms with Crippen LogP contribution in [0.3, 0.4) is 0 Å². The third-order valence-corrected chi connectivity index (χ3v) is 4.23. The molecule has 6 heteroatoms. The van der Waals surface area contributed by atoms with Gasteiger partial charge < -0.3 is 10.2 Å². The summed E-state index contributed by atoms with van der Waals surface area (Å²) in [4.78, 5) is 18.6. The van der Waals surface area contributed by atoms with Crippen LogP contribution in [0.4, 0.5) is 0 Å². The van der Waals surface area contributed by atoms with Crippen LogP contribution in [0.1, 0.15) is 28.8 Å². The van der Waals surface area contributed by atoms with Crippen molar-refractivity contribution < 1.29 is 4.79 Å². The van der Waals surface area contributed by atoms with E-state index in [1.807, 2.05) is 37.1 Å². The minimum atomic E-state index is 0.105. The molecule has 1 saturated heterocycles. The molecule has 1 fully saturated rings. The molecule has 1 atom stereocenters. The van der Waals surface area contributed by atoms with Crippen LogP contribution in [0.2, 0.25) is 0 Å². The quantitative estimate of drug-likeness (QED) is 0.930. The predicted octanol–water partition coefficient (Wildman–Crippen LogP) is 1.40. The van der Waals surface area contributed by atoms with Crippen molar-refractivity contribution in [1.29, 1.82) is 0 Å². The predicted molar refractivity (Wildman–Crippen MR) is 84.1 cm³/mol. The van der Waals surface area contributed by atoms with E-state index in [2.05, 4.69) is 15.4 Å². The van der Waals surface area contributed by atoms with E-state index in [0.717, 1.165) is 42.7 Å². The molecule has 1 N–H and O–H groups in total. The Hall–Kier alpha value is -2.21. The SMILES string of the molecule is CNC1CCCN(C(=O)c2ccc(-n3cncn3)c(C)c2)C1. The summed E-state index contributed by atoms with van der Waals surface area (Å²) in [5.41, 5.74) is 2.69. The number of amides is 1. The summed E-state index contributed by atoms with van der Waals surface area (Å²) in [6, 6.07) is 6.13. The van der Waals surface area contributed by atoms with Crippen molar-refractivity contribution in [3.05, 3.63) is 42.0 Å². The lowest BCUT2D eigenvalue weighted by atomic mass is 10.0. The zero-order valence-corrected chi connectivity index (χ0v) is 13.0. The molecule has 0 saturated carbocycles. The molecule has 0 spiro atoms. The van der Waals surface area contributed by atoms with Crippen molar-refractivity contribution in [2.75, 3.05) is 20.1 Å². The van der Waals surface area contributed by atoms with E-state index in [1.165, 1.54) is 6.33 Å². The van der Waals surface area contributed by atoms with Crippen LogP contribution in [-0.2, 0) is 0 Å². The Balaban J connectivity index is 1.80. The van der Waals surface area contributed by atoms with Gasteiger partial charge in [0.25, 0.3) is 5.91 Å². The van der Waals surface area contributed by atoms with Gasteiger partial charge in [0.2, 0.25) is 0 Å². The first-order chi connectivity index (χ1) is 10.7. The molecule has 22 heavy (non-hydrogen) atoms. The summed E-state index contributed by atoms with van der Waals surface area (Å²) < 4.78 is 1.71. The fourth-order valence-corrected chi connectivity index (χ4v) is 2.96. The van der Waals surface area contributed by atoms with Gasteiger partial charge in [-0.2, -0.15) is 5.10 Å². The Morgan fingerprint density at radius 3 is 2.95 bits per heavy atom. The van der Waals surface area contributed by atoms with Crippen LogP contribution in [0.15, 0.2) is 30.9 Å². The standard InChI is InChI=1S/C16H21N5O/c1-12-8-13(5-6-15(12)21-11-18-10-19-21)16(22)20-7-3-4-14(9-20)17-2/h5-6,8,10-11,14,17H,3-4,7,9H2,1-2H3. The van der Waals surface area contributed by atoms with Gasteiger partial charge in [-0.05, 0) is 50.6 Å². The van der Waals surface area contributed by atoms with Crippen molar-refractivity contribution >= 4 is 5.91 Å². The van der Waals surface area contributed by atoms with Crippen LogP contribution < -0.4 is 5.32 Å². The van der Waals surface area contributed by atoms with E-state index >= 15 is 0 Å². The van der Waals surface area contributed by atoms with Gasteiger partial charge in [0.05, 0.1) is 5.69 Å². The van der Waals surface area contributed by atoms with Crippen LogP contribution in [0, 0.1) is 6.92 Å². The number of carbonyl (C=O) groups excluding carboxylic acids is 1. The fourth-order valence-electron chi connectivity index (χ4n) is 2.96. The molecule has 1 amide bonds. The maximum atomic E-state index is 12.7. The van der Waals surface area contributed by atoms with Gasteiger partial charge in [-0.25, -0.2) is 9.67 Å². The molecule has 1 aliphatic rings. The number of nitrogens with zero attached hydrogens (tertiary/aromatic N) is 4. The lowest BCUT2D eigenvalue weighted by molar-refractivity contribution is 0.0698. The summed E-state index contributed by atoms with van der Waals surface area (Å²) in [6.45, 7) is 3.60. The first-order valence-electron chi connectivity index (χ1n) is 7.61. The van der Waals surface area contributed by atoms with E-state index in [9.17, 15) is 4.79 Å². The highest BCUT2D eigenvalue weighted by molar-refractivity contribution is 5.94. The normalized spacial score (nSPS) is 18.5. The molecule has 1 aromatic heterocycles. The largest absolute Gasteiger partial charge is 0.337 e. The average Bonchev–Trinajstić information content (AvgIpc) is 3.08. The lowest BCUT2D eigenvalue weighted by Crippen LogP contribution is -2.46. The molecule has 2 aromatic rings. The van der Waals surface area contributed by atoms with Gasteiger partial charge in [-0.1, -0.05) is 0 Å². The van der Waals surface area contributed by atoms with Crippen LogP contribution in [-0.4, -0.2) is 51.8 Å². The molecule has 116 valence electrons. The number of benzene rings is 1. The zero-order valence-electron chi connectivity index (χ0n) is 13.0. The van der Waals surface area contributed by atoms with Crippen LogP contribution >= 0.6 is 0 Å². The number of nitrogens with one attached hydrogen (secondary N) is 1. The van der Waals surface area contributed by atoms with Gasteiger partial charge in [0.15, 0.2) is 0 Å². The van der Waals surface area contributed by atoms with Gasteiger partial charge >= 0.3 is 0 Å². The highest BCUT2D eigenvalue weighted by atomic mass is 16.2. The molecule has 0 radical (unpaired) electrons. The summed E-state index contributed by atoms with van der Waals surface area (Å²) >= 11 is 0. The van der Waals surface area contributed by atoms with Crippen molar-refractivity contribution in [1.82, 2.24) is 25.0 Å². The van der Waals surface area contributed by atoms with Gasteiger partial charge in [-0.3, -0.25) is 4.79 Å². The minimum Gasteiger partial charge on any atom is -0.337 e. The number of aryl methyl sites for hydroxylation is 1. The van der Waals surface area contributed by atoms with E-state index in [4.69, 9.17) is 0 Å². The number of piperidine rings is 1. The minimum absolute atomic E-state index is 0.105.